The number of aryl methyl sites for hydroxylation is 2. The average molecular weight is 250 g/mol. The standard InChI is InChI=1S/C13H12ClNO2/c1-7-5-11(13(16)17-3)15-12-8(2)4-9(14)6-10(7)12/h4-6H,1-3H3. The third kappa shape index (κ3) is 2.11. The summed E-state index contributed by atoms with van der Waals surface area (Å²) in [5.41, 5.74) is 3.01. The summed E-state index contributed by atoms with van der Waals surface area (Å²) in [6, 6.07) is 5.40. The van der Waals surface area contributed by atoms with Crippen LogP contribution < -0.4 is 0 Å². The predicted octanol–water partition coefficient (Wildman–Crippen LogP) is 3.29. The second-order valence-electron chi connectivity index (χ2n) is 3.93. The molecule has 0 saturated heterocycles. The highest BCUT2D eigenvalue weighted by Gasteiger charge is 2.12. The Morgan fingerprint density at radius 2 is 1.94 bits per heavy atom. The lowest BCUT2D eigenvalue weighted by Crippen LogP contribution is -2.05. The minimum absolute atomic E-state index is 0.322. The Hall–Kier alpha value is -1.61. The number of carbonyl (C=O) groups excluding carboxylic acids is 1. The van der Waals surface area contributed by atoms with Gasteiger partial charge in [-0.25, -0.2) is 9.78 Å². The van der Waals surface area contributed by atoms with Crippen LogP contribution in [0.1, 0.15) is 21.6 Å². The Morgan fingerprint density at radius 1 is 1.24 bits per heavy atom. The van der Waals surface area contributed by atoms with Crippen LogP contribution >= 0.6 is 11.6 Å². The van der Waals surface area contributed by atoms with Gasteiger partial charge in [0.15, 0.2) is 0 Å². The zero-order chi connectivity index (χ0) is 12.6. The van der Waals surface area contributed by atoms with Crippen molar-refractivity contribution >= 4 is 28.5 Å². The molecule has 0 radical (unpaired) electrons. The monoisotopic (exact) mass is 249 g/mol. The van der Waals surface area contributed by atoms with Gasteiger partial charge < -0.3 is 4.74 Å². The van der Waals surface area contributed by atoms with Crippen molar-refractivity contribution in [3.63, 3.8) is 0 Å². The minimum atomic E-state index is -0.427. The molecule has 1 heterocycles. The van der Waals surface area contributed by atoms with E-state index >= 15 is 0 Å². The van der Waals surface area contributed by atoms with Gasteiger partial charge in [0.1, 0.15) is 5.69 Å². The first-order valence-corrected chi connectivity index (χ1v) is 5.56. The molecule has 0 saturated carbocycles. The van der Waals surface area contributed by atoms with Crippen molar-refractivity contribution in [2.75, 3.05) is 7.11 Å². The van der Waals surface area contributed by atoms with E-state index in [1.54, 1.807) is 6.07 Å². The number of carbonyl (C=O) groups is 1. The quantitative estimate of drug-likeness (QED) is 0.728. The lowest BCUT2D eigenvalue weighted by atomic mass is 10.1. The molecule has 0 aliphatic carbocycles. The van der Waals surface area contributed by atoms with Crippen molar-refractivity contribution in [1.82, 2.24) is 4.98 Å². The number of aromatic nitrogens is 1. The molecule has 0 spiro atoms. The van der Waals surface area contributed by atoms with Crippen LogP contribution in [0.5, 0.6) is 0 Å². The average Bonchev–Trinajstić information content (AvgIpc) is 2.29. The molecule has 0 atom stereocenters. The third-order valence-electron chi connectivity index (χ3n) is 2.67. The summed E-state index contributed by atoms with van der Waals surface area (Å²) in [5.74, 6) is -0.427. The van der Waals surface area contributed by atoms with E-state index in [-0.39, 0.29) is 0 Å². The van der Waals surface area contributed by atoms with E-state index in [2.05, 4.69) is 9.72 Å². The maximum atomic E-state index is 11.5. The molecule has 0 amide bonds. The van der Waals surface area contributed by atoms with Crippen molar-refractivity contribution in [2.45, 2.75) is 13.8 Å². The number of fused-ring (bicyclic) bond motifs is 1. The van der Waals surface area contributed by atoms with Gasteiger partial charge in [-0.1, -0.05) is 11.6 Å². The molecule has 3 nitrogen and oxygen atoms in total. The molecule has 0 unspecified atom stereocenters. The summed E-state index contributed by atoms with van der Waals surface area (Å²) < 4.78 is 4.68. The highest BCUT2D eigenvalue weighted by Crippen LogP contribution is 2.25. The van der Waals surface area contributed by atoms with E-state index in [4.69, 9.17) is 11.6 Å². The summed E-state index contributed by atoms with van der Waals surface area (Å²) in [4.78, 5) is 15.8. The van der Waals surface area contributed by atoms with Gasteiger partial charge in [0.25, 0.3) is 0 Å². The first-order valence-electron chi connectivity index (χ1n) is 5.18. The highest BCUT2D eigenvalue weighted by atomic mass is 35.5. The molecule has 1 aromatic heterocycles. The fourth-order valence-electron chi connectivity index (χ4n) is 1.83. The van der Waals surface area contributed by atoms with Crippen LogP contribution in [-0.4, -0.2) is 18.1 Å². The molecule has 88 valence electrons. The molecule has 0 N–H and O–H groups in total. The van der Waals surface area contributed by atoms with Crippen LogP contribution in [0.4, 0.5) is 0 Å². The zero-order valence-electron chi connectivity index (χ0n) is 9.87. The van der Waals surface area contributed by atoms with Crippen LogP contribution in [-0.2, 0) is 4.74 Å². The number of esters is 1. The summed E-state index contributed by atoms with van der Waals surface area (Å²) in [6.45, 7) is 3.84. The summed E-state index contributed by atoms with van der Waals surface area (Å²) >= 11 is 6.01. The number of nitrogens with zero attached hydrogens (tertiary/aromatic N) is 1. The van der Waals surface area contributed by atoms with E-state index in [0.717, 1.165) is 22.0 Å². The van der Waals surface area contributed by atoms with Gasteiger partial charge in [-0.05, 0) is 43.2 Å². The van der Waals surface area contributed by atoms with Crippen LogP contribution in [0.3, 0.4) is 0 Å². The predicted molar refractivity (Wildman–Crippen MR) is 67.6 cm³/mol. The maximum absolute atomic E-state index is 11.5. The number of pyridine rings is 1. The first kappa shape index (κ1) is 11.9. The van der Waals surface area contributed by atoms with E-state index < -0.39 is 5.97 Å². The molecular weight excluding hydrogens is 238 g/mol. The number of hydrogen-bond donors (Lipinski definition) is 0. The number of benzene rings is 1. The number of hydrogen-bond acceptors (Lipinski definition) is 3. The van der Waals surface area contributed by atoms with E-state index in [1.807, 2.05) is 26.0 Å². The Kier molecular flexibility index (Phi) is 3.03. The summed E-state index contributed by atoms with van der Waals surface area (Å²) in [6.07, 6.45) is 0. The molecule has 0 aliphatic heterocycles. The molecule has 0 fully saturated rings. The SMILES string of the molecule is COC(=O)c1cc(C)c2cc(Cl)cc(C)c2n1. The third-order valence-corrected chi connectivity index (χ3v) is 2.89. The number of rotatable bonds is 1. The summed E-state index contributed by atoms with van der Waals surface area (Å²) in [7, 11) is 1.35. The Bertz CT molecular complexity index is 608. The fraction of sp³-hybridized carbons (Fsp3) is 0.231. The molecule has 2 rings (SSSR count). The van der Waals surface area contributed by atoms with Gasteiger partial charge in [-0.15, -0.1) is 0 Å². The van der Waals surface area contributed by atoms with Crippen LogP contribution in [0.25, 0.3) is 10.9 Å². The Balaban J connectivity index is 2.77. The smallest absolute Gasteiger partial charge is 0.356 e. The Labute approximate surface area is 104 Å². The number of halogens is 1. The van der Waals surface area contributed by atoms with Gasteiger partial charge in [-0.2, -0.15) is 0 Å². The molecule has 0 aliphatic rings. The Morgan fingerprint density at radius 3 is 2.59 bits per heavy atom. The molecule has 4 heteroatoms. The number of ether oxygens (including phenoxy) is 1. The molecule has 1 aromatic carbocycles. The zero-order valence-corrected chi connectivity index (χ0v) is 10.6. The largest absolute Gasteiger partial charge is 0.464 e. The topological polar surface area (TPSA) is 39.2 Å². The fourth-order valence-corrected chi connectivity index (χ4v) is 2.10. The number of methoxy groups -OCH3 is 1. The molecule has 2 aromatic rings. The van der Waals surface area contributed by atoms with E-state index in [0.29, 0.717) is 10.7 Å². The maximum Gasteiger partial charge on any atom is 0.356 e. The summed E-state index contributed by atoms with van der Waals surface area (Å²) in [5, 5.41) is 1.63. The first-order chi connectivity index (χ1) is 8.02. The molecular formula is C13H12ClNO2. The van der Waals surface area contributed by atoms with Gasteiger partial charge >= 0.3 is 5.97 Å². The molecule has 0 bridgehead atoms. The highest BCUT2D eigenvalue weighted by molar-refractivity contribution is 6.31. The lowest BCUT2D eigenvalue weighted by Gasteiger charge is -2.08. The second kappa shape index (κ2) is 4.34. The van der Waals surface area contributed by atoms with Crippen molar-refractivity contribution in [3.8, 4) is 0 Å². The lowest BCUT2D eigenvalue weighted by molar-refractivity contribution is 0.0594. The van der Waals surface area contributed by atoms with E-state index in [9.17, 15) is 4.79 Å². The van der Waals surface area contributed by atoms with Gasteiger partial charge in [0, 0.05) is 10.4 Å². The van der Waals surface area contributed by atoms with Gasteiger partial charge in [0.2, 0.25) is 0 Å². The van der Waals surface area contributed by atoms with Crippen LogP contribution in [0, 0.1) is 13.8 Å². The molecule has 17 heavy (non-hydrogen) atoms. The van der Waals surface area contributed by atoms with Crippen molar-refractivity contribution in [1.29, 1.82) is 0 Å². The van der Waals surface area contributed by atoms with Gasteiger partial charge in [-0.3, -0.25) is 0 Å². The van der Waals surface area contributed by atoms with Crippen molar-refractivity contribution in [3.05, 3.63) is 40.0 Å². The van der Waals surface area contributed by atoms with Crippen molar-refractivity contribution in [2.24, 2.45) is 0 Å². The van der Waals surface area contributed by atoms with Crippen LogP contribution in [0.15, 0.2) is 18.2 Å². The van der Waals surface area contributed by atoms with Gasteiger partial charge in [0.05, 0.1) is 12.6 Å². The minimum Gasteiger partial charge on any atom is -0.464 e. The van der Waals surface area contributed by atoms with Crippen LogP contribution in [0.2, 0.25) is 5.02 Å². The normalized spacial score (nSPS) is 10.6. The van der Waals surface area contributed by atoms with Crippen molar-refractivity contribution < 1.29 is 9.53 Å². The van der Waals surface area contributed by atoms with E-state index in [1.165, 1.54) is 7.11 Å². The second-order valence-corrected chi connectivity index (χ2v) is 4.37.